The maximum atomic E-state index is 13.0. The number of thioether (sulfide) groups is 1. The number of hydrogen-bond donors (Lipinski definition) is 0. The van der Waals surface area contributed by atoms with Crippen molar-refractivity contribution in [2.75, 3.05) is 0 Å². The SMILES string of the molecule is Cc1ccc(C)c(C(=O)[C@@H](C)Sc2nc3ccccc3c(=O)n2C2CC2)c1. The van der Waals surface area contributed by atoms with Gasteiger partial charge in [-0.05, 0) is 57.4 Å². The van der Waals surface area contributed by atoms with Crippen LogP contribution in [0.25, 0.3) is 10.9 Å². The summed E-state index contributed by atoms with van der Waals surface area (Å²) < 4.78 is 1.79. The van der Waals surface area contributed by atoms with Crippen LogP contribution in [0.15, 0.2) is 52.4 Å². The molecule has 0 amide bonds. The Hall–Kier alpha value is -2.40. The lowest BCUT2D eigenvalue weighted by molar-refractivity contribution is 0.0993. The molecule has 138 valence electrons. The lowest BCUT2D eigenvalue weighted by Gasteiger charge is -2.16. The largest absolute Gasteiger partial charge is 0.293 e. The lowest BCUT2D eigenvalue weighted by Crippen LogP contribution is -2.24. The van der Waals surface area contributed by atoms with E-state index in [0.717, 1.165) is 29.5 Å². The monoisotopic (exact) mass is 378 g/mol. The molecule has 0 bridgehead atoms. The topological polar surface area (TPSA) is 52.0 Å². The Morgan fingerprint density at radius 3 is 2.67 bits per heavy atom. The van der Waals surface area contributed by atoms with Gasteiger partial charge < -0.3 is 0 Å². The summed E-state index contributed by atoms with van der Waals surface area (Å²) in [6, 6.07) is 13.6. The van der Waals surface area contributed by atoms with Crippen molar-refractivity contribution in [3.63, 3.8) is 0 Å². The highest BCUT2D eigenvalue weighted by Gasteiger charge is 2.30. The highest BCUT2D eigenvalue weighted by atomic mass is 32.2. The van der Waals surface area contributed by atoms with Gasteiger partial charge in [0.05, 0.1) is 16.2 Å². The molecule has 1 saturated carbocycles. The summed E-state index contributed by atoms with van der Waals surface area (Å²) in [4.78, 5) is 30.7. The molecular weight excluding hydrogens is 356 g/mol. The van der Waals surface area contributed by atoms with Gasteiger partial charge in [0.1, 0.15) is 0 Å². The zero-order valence-electron chi connectivity index (χ0n) is 15.7. The van der Waals surface area contributed by atoms with Gasteiger partial charge in [-0.3, -0.25) is 14.2 Å². The minimum atomic E-state index is -0.316. The number of nitrogens with zero attached hydrogens (tertiary/aromatic N) is 2. The molecule has 0 N–H and O–H groups in total. The third kappa shape index (κ3) is 3.44. The van der Waals surface area contributed by atoms with E-state index in [2.05, 4.69) is 0 Å². The maximum absolute atomic E-state index is 13.0. The van der Waals surface area contributed by atoms with E-state index in [1.807, 2.05) is 63.2 Å². The number of aromatic nitrogens is 2. The normalized spacial score (nSPS) is 15.1. The first-order chi connectivity index (χ1) is 13.0. The molecule has 27 heavy (non-hydrogen) atoms. The number of carbonyl (C=O) groups is 1. The molecule has 0 saturated heterocycles. The minimum absolute atomic E-state index is 0.00279. The summed E-state index contributed by atoms with van der Waals surface area (Å²) in [5.74, 6) is 0.0750. The Labute approximate surface area is 162 Å². The quantitative estimate of drug-likeness (QED) is 0.366. The third-order valence-corrected chi connectivity index (χ3v) is 6.06. The summed E-state index contributed by atoms with van der Waals surface area (Å²) in [7, 11) is 0. The van der Waals surface area contributed by atoms with Gasteiger partial charge in [-0.1, -0.05) is 41.6 Å². The zero-order valence-corrected chi connectivity index (χ0v) is 16.5. The number of para-hydroxylation sites is 1. The van der Waals surface area contributed by atoms with Crippen LogP contribution in [0.2, 0.25) is 0 Å². The molecule has 1 heterocycles. The number of fused-ring (bicyclic) bond motifs is 1. The van der Waals surface area contributed by atoms with Gasteiger partial charge in [0.15, 0.2) is 10.9 Å². The molecule has 1 aliphatic rings. The molecule has 1 atom stereocenters. The number of aryl methyl sites for hydroxylation is 2. The van der Waals surface area contributed by atoms with Gasteiger partial charge in [-0.25, -0.2) is 4.98 Å². The molecule has 0 unspecified atom stereocenters. The van der Waals surface area contributed by atoms with Crippen molar-refractivity contribution < 1.29 is 4.79 Å². The maximum Gasteiger partial charge on any atom is 0.262 e. The number of carbonyl (C=O) groups excluding carboxylic acids is 1. The second-order valence-corrected chi connectivity index (χ2v) is 8.57. The summed E-state index contributed by atoms with van der Waals surface area (Å²) in [6.45, 7) is 5.84. The average Bonchev–Trinajstić information content (AvgIpc) is 3.48. The van der Waals surface area contributed by atoms with Crippen molar-refractivity contribution in [1.29, 1.82) is 0 Å². The minimum Gasteiger partial charge on any atom is -0.293 e. The molecule has 0 aliphatic heterocycles. The van der Waals surface area contributed by atoms with Crippen molar-refractivity contribution >= 4 is 28.4 Å². The Bertz CT molecular complexity index is 1100. The number of hydrogen-bond acceptors (Lipinski definition) is 4. The lowest BCUT2D eigenvalue weighted by atomic mass is 10.0. The molecule has 3 aromatic rings. The Balaban J connectivity index is 1.72. The predicted molar refractivity (Wildman–Crippen MR) is 110 cm³/mol. The summed E-state index contributed by atoms with van der Waals surface area (Å²) in [5.41, 5.74) is 3.48. The number of rotatable bonds is 5. The molecule has 1 fully saturated rings. The van der Waals surface area contributed by atoms with Gasteiger partial charge in [0, 0.05) is 11.6 Å². The Morgan fingerprint density at radius 1 is 1.19 bits per heavy atom. The highest BCUT2D eigenvalue weighted by molar-refractivity contribution is 8.00. The van der Waals surface area contributed by atoms with Gasteiger partial charge in [0.25, 0.3) is 5.56 Å². The fraction of sp³-hybridized carbons (Fsp3) is 0.318. The fourth-order valence-electron chi connectivity index (χ4n) is 3.30. The van der Waals surface area contributed by atoms with Crippen LogP contribution >= 0.6 is 11.8 Å². The van der Waals surface area contributed by atoms with E-state index >= 15 is 0 Å². The second kappa shape index (κ2) is 6.97. The van der Waals surface area contributed by atoms with Crippen LogP contribution in [0.1, 0.15) is 47.3 Å². The number of benzene rings is 2. The van der Waals surface area contributed by atoms with Crippen molar-refractivity contribution in [2.45, 2.75) is 50.1 Å². The molecule has 0 radical (unpaired) electrons. The molecule has 1 aromatic heterocycles. The zero-order chi connectivity index (χ0) is 19.1. The summed E-state index contributed by atoms with van der Waals surface area (Å²) in [5, 5.41) is 0.971. The first-order valence-corrected chi connectivity index (χ1v) is 10.1. The van der Waals surface area contributed by atoms with Gasteiger partial charge >= 0.3 is 0 Å². The van der Waals surface area contributed by atoms with Crippen molar-refractivity contribution in [1.82, 2.24) is 9.55 Å². The van der Waals surface area contributed by atoms with Crippen LogP contribution in [-0.4, -0.2) is 20.6 Å². The van der Waals surface area contributed by atoms with Crippen molar-refractivity contribution in [3.8, 4) is 0 Å². The summed E-state index contributed by atoms with van der Waals surface area (Å²) in [6.07, 6.45) is 1.99. The molecule has 0 spiro atoms. The van der Waals surface area contributed by atoms with E-state index in [1.165, 1.54) is 11.8 Å². The molecule has 2 aromatic carbocycles. The molecule has 5 heteroatoms. The van der Waals surface area contributed by atoms with Crippen LogP contribution in [0, 0.1) is 13.8 Å². The van der Waals surface area contributed by atoms with E-state index in [4.69, 9.17) is 4.98 Å². The second-order valence-electron chi connectivity index (χ2n) is 7.26. The number of Topliss-reactive ketones (excluding diaryl/α,β-unsaturated/α-hetero) is 1. The third-order valence-electron chi connectivity index (χ3n) is 5.00. The first kappa shape index (κ1) is 18.0. The van der Waals surface area contributed by atoms with Crippen molar-refractivity contribution in [3.05, 3.63) is 69.5 Å². The smallest absolute Gasteiger partial charge is 0.262 e. The van der Waals surface area contributed by atoms with Gasteiger partial charge in [-0.15, -0.1) is 0 Å². The van der Waals surface area contributed by atoms with Crippen LogP contribution in [0.3, 0.4) is 0 Å². The van der Waals surface area contributed by atoms with Crippen LogP contribution in [0.5, 0.6) is 0 Å². The fourth-order valence-corrected chi connectivity index (χ4v) is 4.34. The molecular formula is C22H22N2O2S. The van der Waals surface area contributed by atoms with E-state index in [-0.39, 0.29) is 22.6 Å². The standard InChI is InChI=1S/C22H22N2O2S/c1-13-8-9-14(2)18(12-13)20(25)15(3)27-22-23-19-7-5-4-6-17(19)21(26)24(22)16-10-11-16/h4-9,12,15-16H,10-11H2,1-3H3/t15-/m1/s1. The Morgan fingerprint density at radius 2 is 1.93 bits per heavy atom. The van der Waals surface area contributed by atoms with E-state index in [9.17, 15) is 9.59 Å². The van der Waals surface area contributed by atoms with E-state index in [1.54, 1.807) is 4.57 Å². The van der Waals surface area contributed by atoms with Crippen LogP contribution in [0.4, 0.5) is 0 Å². The molecule has 4 rings (SSSR count). The average molecular weight is 378 g/mol. The van der Waals surface area contributed by atoms with Crippen LogP contribution in [-0.2, 0) is 0 Å². The highest BCUT2D eigenvalue weighted by Crippen LogP contribution is 2.38. The van der Waals surface area contributed by atoms with Gasteiger partial charge in [0.2, 0.25) is 0 Å². The van der Waals surface area contributed by atoms with Gasteiger partial charge in [-0.2, -0.15) is 0 Å². The first-order valence-electron chi connectivity index (χ1n) is 9.25. The molecule has 1 aliphatic carbocycles. The van der Waals surface area contributed by atoms with E-state index in [0.29, 0.717) is 16.1 Å². The number of ketones is 1. The Kier molecular flexibility index (Phi) is 4.64. The molecule has 4 nitrogen and oxygen atoms in total. The van der Waals surface area contributed by atoms with Crippen LogP contribution < -0.4 is 5.56 Å². The predicted octanol–water partition coefficient (Wildman–Crippen LogP) is 4.71. The van der Waals surface area contributed by atoms with Crippen molar-refractivity contribution in [2.24, 2.45) is 0 Å². The summed E-state index contributed by atoms with van der Waals surface area (Å²) >= 11 is 1.39. The van der Waals surface area contributed by atoms with E-state index < -0.39 is 0 Å².